The van der Waals surface area contributed by atoms with Gasteiger partial charge in [0.25, 0.3) is 0 Å². The Hall–Kier alpha value is -1.62. The molecule has 1 aliphatic heterocycles. The van der Waals surface area contributed by atoms with E-state index < -0.39 is 11.4 Å². The second kappa shape index (κ2) is 5.17. The van der Waals surface area contributed by atoms with Crippen LogP contribution in [0, 0.1) is 11.2 Å². The molecule has 1 aromatic rings. The van der Waals surface area contributed by atoms with Gasteiger partial charge in [-0.1, -0.05) is 0 Å². The van der Waals surface area contributed by atoms with Crippen LogP contribution in [0.5, 0.6) is 5.75 Å². The first-order valence-electron chi connectivity index (χ1n) is 6.34. The zero-order chi connectivity index (χ0) is 14.0. The topological polar surface area (TPSA) is 60.8 Å². The molecule has 0 aromatic heterocycles. The molecule has 0 saturated carbocycles. The van der Waals surface area contributed by atoms with E-state index in [0.717, 1.165) is 0 Å². The van der Waals surface area contributed by atoms with Gasteiger partial charge in [-0.2, -0.15) is 0 Å². The fraction of sp³-hybridized carbons (Fsp3) is 0.500. The van der Waals surface area contributed by atoms with Crippen molar-refractivity contribution >= 4 is 5.97 Å². The number of carbonyl (C=O) groups is 1. The zero-order valence-corrected chi connectivity index (χ0v) is 10.9. The van der Waals surface area contributed by atoms with E-state index in [4.69, 9.17) is 5.11 Å². The molecule has 1 aromatic carbocycles. The number of phenolic OH excluding ortho intramolecular Hbond substituents is 1. The van der Waals surface area contributed by atoms with E-state index >= 15 is 0 Å². The summed E-state index contributed by atoms with van der Waals surface area (Å²) in [6.07, 6.45) is 1.14. The van der Waals surface area contributed by atoms with Gasteiger partial charge in [0.1, 0.15) is 11.6 Å². The van der Waals surface area contributed by atoms with Crippen molar-refractivity contribution in [3.8, 4) is 5.75 Å². The smallest absolute Gasteiger partial charge is 0.309 e. The minimum atomic E-state index is -0.763. The summed E-state index contributed by atoms with van der Waals surface area (Å²) in [5.74, 6) is -1.06. The lowest BCUT2D eigenvalue weighted by Gasteiger charge is -2.36. The molecule has 1 fully saturated rings. The number of phenols is 1. The second-order valence-electron chi connectivity index (χ2n) is 5.41. The Labute approximate surface area is 111 Å². The van der Waals surface area contributed by atoms with Crippen molar-refractivity contribution in [2.75, 3.05) is 13.1 Å². The molecule has 19 heavy (non-hydrogen) atoms. The number of carboxylic acid groups (broad SMARTS) is 1. The van der Waals surface area contributed by atoms with Crippen molar-refractivity contribution in [3.05, 3.63) is 29.6 Å². The van der Waals surface area contributed by atoms with Gasteiger partial charge in [0, 0.05) is 12.1 Å². The number of aliphatic carboxylic acids is 1. The molecule has 1 aliphatic rings. The van der Waals surface area contributed by atoms with Crippen LogP contribution in [0.2, 0.25) is 0 Å². The summed E-state index contributed by atoms with van der Waals surface area (Å²) in [6, 6.07) is 3.88. The maximum atomic E-state index is 13.1. The van der Waals surface area contributed by atoms with E-state index in [1.807, 2.05) is 4.90 Å². The molecule has 0 amide bonds. The number of carboxylic acids is 1. The number of nitrogens with zero attached hydrogens (tertiary/aromatic N) is 1. The molecule has 2 rings (SSSR count). The number of aromatic hydroxyl groups is 1. The Balaban J connectivity index is 1.99. The Morgan fingerprint density at radius 2 is 2.05 bits per heavy atom. The number of hydrogen-bond donors (Lipinski definition) is 2. The van der Waals surface area contributed by atoms with Gasteiger partial charge in [-0.15, -0.1) is 0 Å². The summed E-state index contributed by atoms with van der Waals surface area (Å²) in [7, 11) is 0. The highest BCUT2D eigenvalue weighted by atomic mass is 19.1. The molecule has 0 unspecified atom stereocenters. The average Bonchev–Trinajstić information content (AvgIpc) is 2.36. The van der Waals surface area contributed by atoms with Gasteiger partial charge in [-0.05, 0) is 51.1 Å². The molecule has 0 radical (unpaired) electrons. The lowest BCUT2D eigenvalue weighted by molar-refractivity contribution is -0.150. The number of rotatable bonds is 3. The van der Waals surface area contributed by atoms with Crippen LogP contribution in [0.3, 0.4) is 0 Å². The van der Waals surface area contributed by atoms with Crippen LogP contribution >= 0.6 is 0 Å². The highest BCUT2D eigenvalue weighted by Gasteiger charge is 2.36. The standard InChI is InChI=1S/C14H18FNO3/c1-14(13(18)19)4-6-16(7-5-14)9-10-8-11(15)2-3-12(10)17/h2-3,8,17H,4-7,9H2,1H3,(H,18,19). The first-order valence-corrected chi connectivity index (χ1v) is 6.34. The summed E-state index contributed by atoms with van der Waals surface area (Å²) in [6.45, 7) is 3.48. The van der Waals surface area contributed by atoms with E-state index in [-0.39, 0.29) is 11.6 Å². The van der Waals surface area contributed by atoms with Gasteiger partial charge in [0.15, 0.2) is 0 Å². The third-order valence-corrected chi connectivity index (χ3v) is 3.91. The van der Waals surface area contributed by atoms with E-state index in [1.165, 1.54) is 18.2 Å². The molecule has 0 spiro atoms. The number of likely N-dealkylation sites (tertiary alicyclic amines) is 1. The number of halogens is 1. The van der Waals surface area contributed by atoms with Gasteiger partial charge < -0.3 is 10.2 Å². The molecule has 2 N–H and O–H groups in total. The minimum absolute atomic E-state index is 0.0768. The molecule has 0 atom stereocenters. The second-order valence-corrected chi connectivity index (χ2v) is 5.41. The lowest BCUT2D eigenvalue weighted by atomic mass is 9.80. The highest BCUT2D eigenvalue weighted by Crippen LogP contribution is 2.32. The monoisotopic (exact) mass is 267 g/mol. The zero-order valence-electron chi connectivity index (χ0n) is 10.9. The Bertz CT molecular complexity index is 482. The Morgan fingerprint density at radius 1 is 1.42 bits per heavy atom. The van der Waals surface area contributed by atoms with Crippen LogP contribution in [0.1, 0.15) is 25.3 Å². The quantitative estimate of drug-likeness (QED) is 0.881. The Morgan fingerprint density at radius 3 is 2.63 bits per heavy atom. The molecule has 4 nitrogen and oxygen atoms in total. The molecule has 1 heterocycles. The van der Waals surface area contributed by atoms with Crippen LogP contribution < -0.4 is 0 Å². The maximum Gasteiger partial charge on any atom is 0.309 e. The van der Waals surface area contributed by atoms with E-state index in [1.54, 1.807) is 6.92 Å². The van der Waals surface area contributed by atoms with Crippen LogP contribution in [0.4, 0.5) is 4.39 Å². The summed E-state index contributed by atoms with van der Waals surface area (Å²) in [5.41, 5.74) is -0.126. The Kier molecular flexibility index (Phi) is 3.75. The molecule has 0 aliphatic carbocycles. The molecule has 104 valence electrons. The van der Waals surface area contributed by atoms with Crippen molar-refractivity contribution in [2.45, 2.75) is 26.3 Å². The SMILES string of the molecule is CC1(C(=O)O)CCN(Cc2cc(F)ccc2O)CC1. The van der Waals surface area contributed by atoms with Crippen molar-refractivity contribution in [1.29, 1.82) is 0 Å². The highest BCUT2D eigenvalue weighted by molar-refractivity contribution is 5.74. The van der Waals surface area contributed by atoms with Gasteiger partial charge >= 0.3 is 5.97 Å². The van der Waals surface area contributed by atoms with Gasteiger partial charge in [-0.3, -0.25) is 9.69 Å². The van der Waals surface area contributed by atoms with Crippen molar-refractivity contribution < 1.29 is 19.4 Å². The van der Waals surface area contributed by atoms with Crippen LogP contribution in [0.15, 0.2) is 18.2 Å². The van der Waals surface area contributed by atoms with Crippen molar-refractivity contribution in [3.63, 3.8) is 0 Å². The van der Waals surface area contributed by atoms with E-state index in [9.17, 15) is 14.3 Å². The average molecular weight is 267 g/mol. The molecule has 1 saturated heterocycles. The van der Waals surface area contributed by atoms with E-state index in [2.05, 4.69) is 0 Å². The van der Waals surface area contributed by atoms with Gasteiger partial charge in [0.05, 0.1) is 5.41 Å². The molecular formula is C14H18FNO3. The predicted molar refractivity (Wildman–Crippen MR) is 68.3 cm³/mol. The van der Waals surface area contributed by atoms with Crippen LogP contribution in [-0.4, -0.2) is 34.2 Å². The first kappa shape index (κ1) is 13.8. The number of piperidine rings is 1. The predicted octanol–water partition coefficient (Wildman–Crippen LogP) is 2.22. The fourth-order valence-electron chi connectivity index (χ4n) is 2.34. The van der Waals surface area contributed by atoms with E-state index in [0.29, 0.717) is 38.0 Å². The fourth-order valence-corrected chi connectivity index (χ4v) is 2.34. The normalized spacial score (nSPS) is 19.3. The third-order valence-electron chi connectivity index (χ3n) is 3.91. The van der Waals surface area contributed by atoms with Crippen LogP contribution in [-0.2, 0) is 11.3 Å². The third kappa shape index (κ3) is 3.04. The first-order chi connectivity index (χ1) is 8.90. The largest absolute Gasteiger partial charge is 0.508 e. The number of benzene rings is 1. The summed E-state index contributed by atoms with van der Waals surface area (Å²) in [4.78, 5) is 13.2. The van der Waals surface area contributed by atoms with Crippen molar-refractivity contribution in [2.24, 2.45) is 5.41 Å². The van der Waals surface area contributed by atoms with Crippen molar-refractivity contribution in [1.82, 2.24) is 4.90 Å². The maximum absolute atomic E-state index is 13.1. The van der Waals surface area contributed by atoms with Gasteiger partial charge in [0.2, 0.25) is 0 Å². The molecule has 0 bridgehead atoms. The molecule has 5 heteroatoms. The van der Waals surface area contributed by atoms with Crippen LogP contribution in [0.25, 0.3) is 0 Å². The lowest BCUT2D eigenvalue weighted by Crippen LogP contribution is -2.42. The summed E-state index contributed by atoms with van der Waals surface area (Å²) < 4.78 is 13.1. The molecular weight excluding hydrogens is 249 g/mol. The van der Waals surface area contributed by atoms with Gasteiger partial charge in [-0.25, -0.2) is 4.39 Å². The summed E-state index contributed by atoms with van der Waals surface area (Å²) in [5, 5.41) is 18.8. The number of hydrogen-bond acceptors (Lipinski definition) is 3. The summed E-state index contributed by atoms with van der Waals surface area (Å²) >= 11 is 0. The minimum Gasteiger partial charge on any atom is -0.508 e.